The Morgan fingerprint density at radius 2 is 1.71 bits per heavy atom. The van der Waals surface area contributed by atoms with Crippen LogP contribution in [-0.2, 0) is 0 Å². The van der Waals surface area contributed by atoms with Gasteiger partial charge in [0.25, 0.3) is 0 Å². The van der Waals surface area contributed by atoms with Crippen LogP contribution < -0.4 is 15.5 Å². The van der Waals surface area contributed by atoms with Crippen molar-refractivity contribution >= 4 is 40.0 Å². The molecule has 0 spiro atoms. The first kappa shape index (κ1) is 21.4. The molecule has 6 nitrogen and oxygen atoms in total. The number of nitrogens with one attached hydrogen (secondary N) is 2. The van der Waals surface area contributed by atoms with E-state index in [1.165, 1.54) is 5.69 Å². The van der Waals surface area contributed by atoms with E-state index in [2.05, 4.69) is 37.6 Å². The van der Waals surface area contributed by atoms with E-state index in [1.54, 1.807) is 0 Å². The molecule has 1 saturated heterocycles. The molecular weight excluding hydrogens is 410 g/mol. The normalized spacial score (nSPS) is 14.5. The van der Waals surface area contributed by atoms with Crippen LogP contribution in [0.2, 0.25) is 5.02 Å². The molecule has 162 valence electrons. The molecule has 2 N–H and O–H groups in total. The highest BCUT2D eigenvalue weighted by Gasteiger charge is 2.16. The summed E-state index contributed by atoms with van der Waals surface area (Å²) in [7, 11) is 0. The Kier molecular flexibility index (Phi) is 7.22. The highest BCUT2D eigenvalue weighted by atomic mass is 35.5. The average molecular weight is 438 g/mol. The van der Waals surface area contributed by atoms with Crippen LogP contribution in [0.4, 0.5) is 16.3 Å². The predicted molar refractivity (Wildman–Crippen MR) is 128 cm³/mol. The number of carbonyl (C=O) groups excluding carboxylic acids is 1. The van der Waals surface area contributed by atoms with Gasteiger partial charge >= 0.3 is 6.03 Å². The Morgan fingerprint density at radius 1 is 0.935 bits per heavy atom. The number of rotatable bonds is 7. The van der Waals surface area contributed by atoms with Gasteiger partial charge in [0.15, 0.2) is 0 Å². The van der Waals surface area contributed by atoms with Gasteiger partial charge in [-0.3, -0.25) is 10.2 Å². The number of benzene rings is 2. The molecule has 1 aromatic heterocycles. The second-order valence-corrected chi connectivity index (χ2v) is 8.22. The molecule has 0 unspecified atom stereocenters. The first-order valence-electron chi connectivity index (χ1n) is 10.8. The summed E-state index contributed by atoms with van der Waals surface area (Å²) in [5.74, 6) is 0.565. The van der Waals surface area contributed by atoms with E-state index in [1.807, 2.05) is 48.5 Å². The fraction of sp³-hybridized carbons (Fsp3) is 0.333. The number of anilines is 2. The van der Waals surface area contributed by atoms with Crippen LogP contribution in [0, 0.1) is 0 Å². The molecule has 1 aliphatic rings. The number of amides is 2. The number of fused-ring (bicyclic) bond motifs is 1. The van der Waals surface area contributed by atoms with Crippen LogP contribution in [0.15, 0.2) is 60.7 Å². The second kappa shape index (κ2) is 10.5. The summed E-state index contributed by atoms with van der Waals surface area (Å²) in [5.41, 5.74) is 2.11. The zero-order chi connectivity index (χ0) is 21.5. The standard InChI is InChI=1S/C24H28ClN5O/c25-20-8-10-21(11-9-20)30-17-15-29(16-18-30)14-4-3-13-26-24(31)28-23-12-7-19-5-1-2-6-22(19)27-23/h1-2,5-12H,3-4,13-18H2,(H2,26,27,28,31). The number of hydrogen-bond donors (Lipinski definition) is 2. The van der Waals surface area contributed by atoms with Crippen molar-refractivity contribution in [3.63, 3.8) is 0 Å². The maximum Gasteiger partial charge on any atom is 0.320 e. The summed E-state index contributed by atoms with van der Waals surface area (Å²) in [5, 5.41) is 7.57. The molecular formula is C24H28ClN5O. The quantitative estimate of drug-likeness (QED) is 0.530. The van der Waals surface area contributed by atoms with Crippen molar-refractivity contribution in [1.82, 2.24) is 15.2 Å². The van der Waals surface area contributed by atoms with Gasteiger partial charge in [-0.1, -0.05) is 29.8 Å². The third kappa shape index (κ3) is 6.09. The molecule has 4 rings (SSSR count). The van der Waals surface area contributed by atoms with E-state index >= 15 is 0 Å². The molecule has 2 heterocycles. The van der Waals surface area contributed by atoms with Gasteiger partial charge in [0.1, 0.15) is 5.82 Å². The Hall–Kier alpha value is -2.83. The molecule has 0 atom stereocenters. The number of aromatic nitrogens is 1. The monoisotopic (exact) mass is 437 g/mol. The lowest BCUT2D eigenvalue weighted by atomic mass is 10.2. The first-order chi connectivity index (χ1) is 15.2. The van der Waals surface area contributed by atoms with Crippen LogP contribution >= 0.6 is 11.6 Å². The molecule has 1 fully saturated rings. The minimum Gasteiger partial charge on any atom is -0.369 e. The van der Waals surface area contributed by atoms with Gasteiger partial charge in [0.2, 0.25) is 0 Å². The fourth-order valence-corrected chi connectivity index (χ4v) is 3.97. The van der Waals surface area contributed by atoms with E-state index in [9.17, 15) is 4.79 Å². The number of para-hydroxylation sites is 1. The number of urea groups is 1. The van der Waals surface area contributed by atoms with Crippen LogP contribution in [0.5, 0.6) is 0 Å². The Balaban J connectivity index is 1.11. The summed E-state index contributed by atoms with van der Waals surface area (Å²) < 4.78 is 0. The van der Waals surface area contributed by atoms with Gasteiger partial charge in [0.05, 0.1) is 5.52 Å². The topological polar surface area (TPSA) is 60.5 Å². The molecule has 0 radical (unpaired) electrons. The molecule has 3 aromatic rings. The maximum atomic E-state index is 12.1. The minimum atomic E-state index is -0.209. The zero-order valence-electron chi connectivity index (χ0n) is 17.6. The summed E-state index contributed by atoms with van der Waals surface area (Å²) in [6.45, 7) is 5.89. The molecule has 2 amide bonds. The van der Waals surface area contributed by atoms with Crippen molar-refractivity contribution in [2.24, 2.45) is 0 Å². The van der Waals surface area contributed by atoms with Gasteiger partial charge in [-0.15, -0.1) is 0 Å². The van der Waals surface area contributed by atoms with E-state index in [0.29, 0.717) is 12.4 Å². The Labute approximate surface area is 188 Å². The fourth-order valence-electron chi connectivity index (χ4n) is 3.84. The highest BCUT2D eigenvalue weighted by Crippen LogP contribution is 2.19. The van der Waals surface area contributed by atoms with Crippen LogP contribution in [0.3, 0.4) is 0 Å². The van der Waals surface area contributed by atoms with Crippen molar-refractivity contribution in [3.05, 3.63) is 65.7 Å². The van der Waals surface area contributed by atoms with E-state index < -0.39 is 0 Å². The van der Waals surface area contributed by atoms with Gasteiger partial charge in [-0.25, -0.2) is 9.78 Å². The van der Waals surface area contributed by atoms with Crippen molar-refractivity contribution < 1.29 is 4.79 Å². The lowest BCUT2D eigenvalue weighted by Gasteiger charge is -2.36. The Bertz CT molecular complexity index is 1000. The van der Waals surface area contributed by atoms with Crippen molar-refractivity contribution in [2.45, 2.75) is 12.8 Å². The number of nitrogens with zero attached hydrogens (tertiary/aromatic N) is 3. The Morgan fingerprint density at radius 3 is 2.52 bits per heavy atom. The van der Waals surface area contributed by atoms with Gasteiger partial charge in [0, 0.05) is 48.8 Å². The largest absolute Gasteiger partial charge is 0.369 e. The number of halogens is 1. The number of hydrogen-bond acceptors (Lipinski definition) is 4. The lowest BCUT2D eigenvalue weighted by Crippen LogP contribution is -2.46. The summed E-state index contributed by atoms with van der Waals surface area (Å²) in [6.07, 6.45) is 2.02. The van der Waals surface area contributed by atoms with Crippen LogP contribution in [0.25, 0.3) is 10.9 Å². The predicted octanol–water partition coefficient (Wildman–Crippen LogP) is 4.61. The number of unbranched alkanes of at least 4 members (excludes halogenated alkanes) is 1. The second-order valence-electron chi connectivity index (χ2n) is 7.78. The SMILES string of the molecule is O=C(NCCCCN1CCN(c2ccc(Cl)cc2)CC1)Nc1ccc2ccccc2n1. The maximum absolute atomic E-state index is 12.1. The third-order valence-corrected chi connectivity index (χ3v) is 5.84. The number of piperazine rings is 1. The lowest BCUT2D eigenvalue weighted by molar-refractivity contribution is 0.247. The van der Waals surface area contributed by atoms with Crippen molar-refractivity contribution in [2.75, 3.05) is 49.5 Å². The molecule has 2 aromatic carbocycles. The number of carbonyl (C=O) groups is 1. The summed E-state index contributed by atoms with van der Waals surface area (Å²) >= 11 is 5.98. The summed E-state index contributed by atoms with van der Waals surface area (Å²) in [6, 6.07) is 19.5. The van der Waals surface area contributed by atoms with Crippen LogP contribution in [0.1, 0.15) is 12.8 Å². The number of pyridine rings is 1. The smallest absolute Gasteiger partial charge is 0.320 e. The van der Waals surface area contributed by atoms with E-state index in [0.717, 1.165) is 61.5 Å². The van der Waals surface area contributed by atoms with Crippen LogP contribution in [-0.4, -0.2) is 55.2 Å². The molecule has 0 aliphatic carbocycles. The van der Waals surface area contributed by atoms with E-state index in [-0.39, 0.29) is 6.03 Å². The zero-order valence-corrected chi connectivity index (χ0v) is 18.3. The minimum absolute atomic E-state index is 0.209. The molecule has 1 aliphatic heterocycles. The molecule has 7 heteroatoms. The van der Waals surface area contributed by atoms with Gasteiger partial charge < -0.3 is 10.2 Å². The molecule has 0 bridgehead atoms. The van der Waals surface area contributed by atoms with Crippen molar-refractivity contribution in [1.29, 1.82) is 0 Å². The first-order valence-corrected chi connectivity index (χ1v) is 11.2. The third-order valence-electron chi connectivity index (χ3n) is 5.59. The average Bonchev–Trinajstić information content (AvgIpc) is 2.80. The molecule has 31 heavy (non-hydrogen) atoms. The molecule has 0 saturated carbocycles. The van der Waals surface area contributed by atoms with Gasteiger partial charge in [-0.05, 0) is 61.9 Å². The van der Waals surface area contributed by atoms with Crippen molar-refractivity contribution in [3.8, 4) is 0 Å². The highest BCUT2D eigenvalue weighted by molar-refractivity contribution is 6.30. The van der Waals surface area contributed by atoms with E-state index in [4.69, 9.17) is 11.6 Å². The van der Waals surface area contributed by atoms with Gasteiger partial charge in [-0.2, -0.15) is 0 Å². The summed E-state index contributed by atoms with van der Waals surface area (Å²) in [4.78, 5) is 21.5.